The van der Waals surface area contributed by atoms with Gasteiger partial charge in [-0.15, -0.1) is 0 Å². The van der Waals surface area contributed by atoms with Gasteiger partial charge >= 0.3 is 0 Å². The quantitative estimate of drug-likeness (QED) is 0.645. The third kappa shape index (κ3) is 4.09. The predicted octanol–water partition coefficient (Wildman–Crippen LogP) is 5.69. The summed E-state index contributed by atoms with van der Waals surface area (Å²) in [4.78, 5) is 12.9. The van der Waals surface area contributed by atoms with Crippen molar-refractivity contribution in [2.24, 2.45) is 0 Å². The van der Waals surface area contributed by atoms with E-state index < -0.39 is 0 Å². The van der Waals surface area contributed by atoms with Crippen molar-refractivity contribution in [3.05, 3.63) is 64.2 Å². The number of hydrogen-bond donors (Lipinski definition) is 0. The average Bonchev–Trinajstić information content (AvgIpc) is 2.46. The molecule has 2 aromatic carbocycles. The standard InChI is InChI=1S/C21H27OP/c1-13(2)17-10-11-18(14(3)4)19(12-17)23-21(22)20-15(5)8-7-9-16(20)6/h7-14,23H,1-6H3. The van der Waals surface area contributed by atoms with Crippen LogP contribution in [0.4, 0.5) is 0 Å². The Morgan fingerprint density at radius 3 is 2.04 bits per heavy atom. The molecule has 0 heterocycles. The lowest BCUT2D eigenvalue weighted by Crippen LogP contribution is -2.12. The van der Waals surface area contributed by atoms with Crippen LogP contribution in [-0.2, 0) is 0 Å². The van der Waals surface area contributed by atoms with E-state index in [1.165, 1.54) is 16.4 Å². The highest BCUT2D eigenvalue weighted by Gasteiger charge is 2.16. The van der Waals surface area contributed by atoms with Crippen molar-refractivity contribution in [2.45, 2.75) is 53.4 Å². The molecule has 0 saturated carbocycles. The van der Waals surface area contributed by atoms with E-state index in [1.807, 2.05) is 32.0 Å². The maximum Gasteiger partial charge on any atom is 0.186 e. The largest absolute Gasteiger partial charge is 0.289 e. The summed E-state index contributed by atoms with van der Waals surface area (Å²) in [6.45, 7) is 12.8. The van der Waals surface area contributed by atoms with Gasteiger partial charge < -0.3 is 0 Å². The predicted molar refractivity (Wildman–Crippen MR) is 103 cm³/mol. The molecular formula is C21H27OP. The van der Waals surface area contributed by atoms with E-state index in [4.69, 9.17) is 0 Å². The van der Waals surface area contributed by atoms with Crippen molar-refractivity contribution in [2.75, 3.05) is 0 Å². The van der Waals surface area contributed by atoms with E-state index >= 15 is 0 Å². The summed E-state index contributed by atoms with van der Waals surface area (Å²) in [5.74, 6) is 0.916. The first kappa shape index (κ1) is 17.9. The molecule has 2 rings (SSSR count). The normalized spacial score (nSPS) is 11.8. The van der Waals surface area contributed by atoms with Gasteiger partial charge in [0.15, 0.2) is 5.52 Å². The molecule has 1 atom stereocenters. The highest BCUT2D eigenvalue weighted by Crippen LogP contribution is 2.29. The van der Waals surface area contributed by atoms with Crippen molar-refractivity contribution in [3.63, 3.8) is 0 Å². The fourth-order valence-electron chi connectivity index (χ4n) is 2.90. The second-order valence-corrected chi connectivity index (χ2v) is 8.12. The Bertz CT molecular complexity index is 694. The van der Waals surface area contributed by atoms with Crippen LogP contribution in [-0.4, -0.2) is 5.52 Å². The zero-order valence-electron chi connectivity index (χ0n) is 15.0. The second-order valence-electron chi connectivity index (χ2n) is 6.88. The van der Waals surface area contributed by atoms with E-state index in [0.29, 0.717) is 11.8 Å². The van der Waals surface area contributed by atoms with E-state index in [0.717, 1.165) is 16.7 Å². The van der Waals surface area contributed by atoms with Gasteiger partial charge in [0.1, 0.15) is 0 Å². The van der Waals surface area contributed by atoms with Gasteiger partial charge in [-0.1, -0.05) is 64.1 Å². The summed E-state index contributed by atoms with van der Waals surface area (Å²) < 4.78 is 0. The lowest BCUT2D eigenvalue weighted by atomic mass is 9.97. The monoisotopic (exact) mass is 326 g/mol. The number of benzene rings is 2. The molecule has 0 aliphatic carbocycles. The summed E-state index contributed by atoms with van der Waals surface area (Å²) in [5, 5.41) is 1.21. The van der Waals surface area contributed by atoms with Crippen molar-refractivity contribution in [1.29, 1.82) is 0 Å². The van der Waals surface area contributed by atoms with E-state index in [-0.39, 0.29) is 14.1 Å². The number of rotatable bonds is 5. The van der Waals surface area contributed by atoms with Crippen LogP contribution in [0.3, 0.4) is 0 Å². The summed E-state index contributed by atoms with van der Waals surface area (Å²) in [5.41, 5.74) is 5.92. The van der Waals surface area contributed by atoms with E-state index in [2.05, 4.69) is 45.9 Å². The lowest BCUT2D eigenvalue weighted by molar-refractivity contribution is 0.108. The summed E-state index contributed by atoms with van der Waals surface area (Å²) in [6, 6.07) is 12.7. The van der Waals surface area contributed by atoms with Gasteiger partial charge in [-0.3, -0.25) is 4.79 Å². The van der Waals surface area contributed by atoms with Crippen LogP contribution in [0.1, 0.15) is 72.1 Å². The number of carbonyl (C=O) groups excluding carboxylic acids is 1. The fourth-order valence-corrected chi connectivity index (χ4v) is 4.42. The molecule has 0 amide bonds. The molecule has 0 saturated heterocycles. The van der Waals surface area contributed by atoms with Crippen LogP contribution < -0.4 is 5.30 Å². The molecule has 1 unspecified atom stereocenters. The first-order valence-corrected chi connectivity index (χ1v) is 9.32. The molecule has 0 spiro atoms. The van der Waals surface area contributed by atoms with Crippen LogP contribution in [0, 0.1) is 13.8 Å². The first-order chi connectivity index (χ1) is 10.8. The molecule has 2 heteroatoms. The molecule has 0 radical (unpaired) electrons. The molecule has 1 nitrogen and oxygen atoms in total. The fraction of sp³-hybridized carbons (Fsp3) is 0.381. The maximum atomic E-state index is 12.9. The zero-order chi connectivity index (χ0) is 17.1. The van der Waals surface area contributed by atoms with Gasteiger partial charge in [0.25, 0.3) is 0 Å². The van der Waals surface area contributed by atoms with Crippen LogP contribution in [0.25, 0.3) is 0 Å². The molecule has 2 aromatic rings. The smallest absolute Gasteiger partial charge is 0.186 e. The molecule has 0 aliphatic rings. The minimum atomic E-state index is 0.190. The first-order valence-electron chi connectivity index (χ1n) is 8.32. The van der Waals surface area contributed by atoms with Crippen molar-refractivity contribution < 1.29 is 4.79 Å². The minimum absolute atomic E-state index is 0.190. The zero-order valence-corrected chi connectivity index (χ0v) is 16.0. The third-order valence-electron chi connectivity index (χ3n) is 4.32. The molecule has 0 aliphatic heterocycles. The molecular weight excluding hydrogens is 299 g/mol. The average molecular weight is 326 g/mol. The van der Waals surface area contributed by atoms with E-state index in [1.54, 1.807) is 0 Å². The Kier molecular flexibility index (Phi) is 5.76. The lowest BCUT2D eigenvalue weighted by Gasteiger charge is -2.17. The van der Waals surface area contributed by atoms with Crippen molar-refractivity contribution in [1.82, 2.24) is 0 Å². The second kappa shape index (κ2) is 7.41. The van der Waals surface area contributed by atoms with Crippen LogP contribution in [0.2, 0.25) is 0 Å². The van der Waals surface area contributed by atoms with Gasteiger partial charge in [-0.25, -0.2) is 0 Å². The molecule has 0 fully saturated rings. The van der Waals surface area contributed by atoms with Crippen LogP contribution in [0.15, 0.2) is 36.4 Å². The Morgan fingerprint density at radius 2 is 1.52 bits per heavy atom. The van der Waals surface area contributed by atoms with Crippen molar-refractivity contribution >= 4 is 19.4 Å². The maximum absolute atomic E-state index is 12.9. The summed E-state index contributed by atoms with van der Waals surface area (Å²) in [6.07, 6.45) is 0. The molecule has 0 aromatic heterocycles. The SMILES string of the molecule is Cc1cccc(C)c1C(=O)Pc1cc(C(C)C)ccc1C(C)C. The summed E-state index contributed by atoms with van der Waals surface area (Å²) in [7, 11) is 0.190. The third-order valence-corrected chi connectivity index (χ3v) is 5.50. The van der Waals surface area contributed by atoms with Crippen molar-refractivity contribution in [3.8, 4) is 0 Å². The number of hydrogen-bond acceptors (Lipinski definition) is 1. The number of carbonyl (C=O) groups is 1. The Balaban J connectivity index is 2.42. The van der Waals surface area contributed by atoms with Gasteiger partial charge in [-0.2, -0.15) is 0 Å². The molecule has 0 N–H and O–H groups in total. The molecule has 122 valence electrons. The van der Waals surface area contributed by atoms with Gasteiger partial charge in [0.05, 0.1) is 0 Å². The topological polar surface area (TPSA) is 17.1 Å². The Hall–Kier alpha value is -1.46. The highest BCUT2D eigenvalue weighted by atomic mass is 31.1. The van der Waals surface area contributed by atoms with Crippen LogP contribution >= 0.6 is 8.58 Å². The molecule has 23 heavy (non-hydrogen) atoms. The summed E-state index contributed by atoms with van der Waals surface area (Å²) >= 11 is 0. The van der Waals surface area contributed by atoms with Gasteiger partial charge in [0.2, 0.25) is 0 Å². The van der Waals surface area contributed by atoms with Gasteiger partial charge in [-0.05, 0) is 61.8 Å². The Morgan fingerprint density at radius 1 is 0.913 bits per heavy atom. The van der Waals surface area contributed by atoms with Gasteiger partial charge in [0, 0.05) is 5.56 Å². The van der Waals surface area contributed by atoms with Crippen LogP contribution in [0.5, 0.6) is 0 Å². The molecule has 0 bridgehead atoms. The minimum Gasteiger partial charge on any atom is -0.289 e. The Labute approximate surface area is 142 Å². The highest BCUT2D eigenvalue weighted by molar-refractivity contribution is 7.66. The van der Waals surface area contributed by atoms with E-state index in [9.17, 15) is 4.79 Å². The number of aryl methyl sites for hydroxylation is 2.